The standard InChI is InChI=1S/C25H29N7O4/c1-5-35-16(3)31-13-18(12-27-31)21-22(36-19-7-6-8-19)23-29-25(30-32(23)14-26-21)28-20-10-9-17(11-15(20)2)24(33)34-4/h9-14,16,19H,5-8H2,1-4H3,(H,28,30). The molecule has 1 fully saturated rings. The van der Waals surface area contributed by atoms with Gasteiger partial charge in [-0.2, -0.15) is 14.6 Å². The first-order chi connectivity index (χ1) is 17.5. The summed E-state index contributed by atoms with van der Waals surface area (Å²) in [5.41, 5.74) is 4.14. The molecule has 11 heteroatoms. The number of hydrogen-bond acceptors (Lipinski definition) is 9. The molecule has 4 aromatic rings. The Morgan fingerprint density at radius 2 is 2.14 bits per heavy atom. The average molecular weight is 492 g/mol. The Labute approximate surface area is 208 Å². The second-order valence-corrected chi connectivity index (χ2v) is 8.71. The van der Waals surface area contributed by atoms with Crippen LogP contribution in [0.15, 0.2) is 36.9 Å². The zero-order chi connectivity index (χ0) is 25.2. The number of esters is 1. The van der Waals surface area contributed by atoms with E-state index < -0.39 is 0 Å². The normalized spacial score (nSPS) is 14.4. The molecule has 1 aliphatic rings. The summed E-state index contributed by atoms with van der Waals surface area (Å²) in [6, 6.07) is 5.26. The summed E-state index contributed by atoms with van der Waals surface area (Å²) in [4.78, 5) is 21.2. The second kappa shape index (κ2) is 9.94. The van der Waals surface area contributed by atoms with Gasteiger partial charge in [-0.25, -0.2) is 14.5 Å². The van der Waals surface area contributed by atoms with Gasteiger partial charge in [-0.15, -0.1) is 5.10 Å². The first-order valence-electron chi connectivity index (χ1n) is 12.0. The fraction of sp³-hybridized carbons (Fsp3) is 0.400. The number of anilines is 2. The van der Waals surface area contributed by atoms with Gasteiger partial charge in [0, 0.05) is 24.1 Å². The van der Waals surface area contributed by atoms with Crippen molar-refractivity contribution >= 4 is 23.3 Å². The predicted octanol–water partition coefficient (Wildman–Crippen LogP) is 4.31. The van der Waals surface area contributed by atoms with Gasteiger partial charge < -0.3 is 19.5 Å². The van der Waals surface area contributed by atoms with Crippen LogP contribution < -0.4 is 10.1 Å². The van der Waals surface area contributed by atoms with Crippen LogP contribution >= 0.6 is 0 Å². The number of carbonyl (C=O) groups is 1. The predicted molar refractivity (Wildman–Crippen MR) is 132 cm³/mol. The van der Waals surface area contributed by atoms with Crippen molar-refractivity contribution < 1.29 is 19.0 Å². The van der Waals surface area contributed by atoms with Crippen molar-refractivity contribution in [1.82, 2.24) is 29.4 Å². The molecule has 0 saturated heterocycles. The van der Waals surface area contributed by atoms with Crippen molar-refractivity contribution in [1.29, 1.82) is 0 Å². The molecule has 1 saturated carbocycles. The van der Waals surface area contributed by atoms with Crippen LogP contribution in [-0.2, 0) is 9.47 Å². The molecule has 11 nitrogen and oxygen atoms in total. The lowest BCUT2D eigenvalue weighted by molar-refractivity contribution is 0.0160. The van der Waals surface area contributed by atoms with Crippen molar-refractivity contribution in [2.45, 2.75) is 52.4 Å². The van der Waals surface area contributed by atoms with Crippen LogP contribution in [0.3, 0.4) is 0 Å². The molecule has 5 rings (SSSR count). The van der Waals surface area contributed by atoms with Gasteiger partial charge in [0.05, 0.1) is 25.0 Å². The molecule has 0 radical (unpaired) electrons. The van der Waals surface area contributed by atoms with E-state index in [1.54, 1.807) is 39.9 Å². The minimum Gasteiger partial charge on any atom is -0.484 e. The zero-order valence-electron chi connectivity index (χ0n) is 20.8. The van der Waals surface area contributed by atoms with Gasteiger partial charge in [0.1, 0.15) is 18.2 Å². The third kappa shape index (κ3) is 4.61. The molecular weight excluding hydrogens is 462 g/mol. The van der Waals surface area contributed by atoms with E-state index in [2.05, 4.69) is 20.5 Å². The summed E-state index contributed by atoms with van der Waals surface area (Å²) in [6.07, 6.45) is 8.32. The van der Waals surface area contributed by atoms with E-state index in [1.165, 1.54) is 7.11 Å². The highest BCUT2D eigenvalue weighted by atomic mass is 16.5. The minimum atomic E-state index is -0.383. The molecule has 0 bridgehead atoms. The van der Waals surface area contributed by atoms with Crippen molar-refractivity contribution in [3.63, 3.8) is 0 Å². The Morgan fingerprint density at radius 1 is 1.31 bits per heavy atom. The maximum atomic E-state index is 11.8. The van der Waals surface area contributed by atoms with Gasteiger partial charge in [-0.1, -0.05) is 0 Å². The van der Waals surface area contributed by atoms with Crippen LogP contribution in [0.5, 0.6) is 5.75 Å². The summed E-state index contributed by atoms with van der Waals surface area (Å²) in [5.74, 6) is 0.581. The zero-order valence-corrected chi connectivity index (χ0v) is 20.8. The molecule has 3 heterocycles. The first-order valence-corrected chi connectivity index (χ1v) is 12.0. The molecule has 1 aliphatic carbocycles. The van der Waals surface area contributed by atoms with E-state index in [1.807, 2.05) is 27.0 Å². The van der Waals surface area contributed by atoms with E-state index in [0.717, 1.165) is 36.1 Å². The molecule has 1 atom stereocenters. The topological polar surface area (TPSA) is 118 Å². The fourth-order valence-electron chi connectivity index (χ4n) is 4.00. The minimum absolute atomic E-state index is 0.121. The number of fused-ring (bicyclic) bond motifs is 1. The number of aryl methyl sites for hydroxylation is 1. The molecule has 0 amide bonds. The van der Waals surface area contributed by atoms with Crippen LogP contribution in [0.4, 0.5) is 11.6 Å². The van der Waals surface area contributed by atoms with Gasteiger partial charge in [0.25, 0.3) is 0 Å². The van der Waals surface area contributed by atoms with E-state index in [-0.39, 0.29) is 18.3 Å². The van der Waals surface area contributed by atoms with Crippen molar-refractivity contribution in [2.75, 3.05) is 19.0 Å². The molecule has 1 aromatic carbocycles. The van der Waals surface area contributed by atoms with Gasteiger partial charge in [-0.3, -0.25) is 0 Å². The lowest BCUT2D eigenvalue weighted by Crippen LogP contribution is -2.25. The number of hydrogen-bond donors (Lipinski definition) is 1. The van der Waals surface area contributed by atoms with Crippen LogP contribution in [0.2, 0.25) is 0 Å². The van der Waals surface area contributed by atoms with E-state index in [4.69, 9.17) is 19.2 Å². The SMILES string of the molecule is CCOC(C)n1cc(-c2ncn3nc(Nc4ccc(C(=O)OC)cc4C)nc3c2OC2CCC2)cn1. The summed E-state index contributed by atoms with van der Waals surface area (Å²) < 4.78 is 20.2. The van der Waals surface area contributed by atoms with Crippen LogP contribution in [0.1, 0.15) is 55.3 Å². The highest BCUT2D eigenvalue weighted by Crippen LogP contribution is 2.36. The third-order valence-electron chi connectivity index (χ3n) is 6.23. The van der Waals surface area contributed by atoms with Crippen LogP contribution in [0, 0.1) is 6.92 Å². The molecule has 0 spiro atoms. The number of carbonyl (C=O) groups excluding carboxylic acids is 1. The Morgan fingerprint density at radius 3 is 2.83 bits per heavy atom. The summed E-state index contributed by atoms with van der Waals surface area (Å²) in [7, 11) is 1.36. The Hall–Kier alpha value is -3.99. The number of ether oxygens (including phenoxy) is 3. The Balaban J connectivity index is 1.49. The van der Waals surface area contributed by atoms with E-state index in [9.17, 15) is 4.79 Å². The number of aromatic nitrogens is 6. The number of rotatable bonds is 9. The summed E-state index contributed by atoms with van der Waals surface area (Å²) >= 11 is 0. The molecule has 36 heavy (non-hydrogen) atoms. The van der Waals surface area contributed by atoms with Crippen molar-refractivity contribution in [3.05, 3.63) is 48.0 Å². The van der Waals surface area contributed by atoms with Gasteiger partial charge in [0.15, 0.2) is 5.75 Å². The lowest BCUT2D eigenvalue weighted by Gasteiger charge is -2.27. The van der Waals surface area contributed by atoms with E-state index >= 15 is 0 Å². The largest absolute Gasteiger partial charge is 0.484 e. The van der Waals surface area contributed by atoms with Gasteiger partial charge in [-0.05, 0) is 63.8 Å². The van der Waals surface area contributed by atoms with Crippen LogP contribution in [-0.4, -0.2) is 55.2 Å². The molecular formula is C25H29N7O4. The first kappa shape index (κ1) is 23.7. The monoisotopic (exact) mass is 491 g/mol. The van der Waals surface area contributed by atoms with Gasteiger partial charge in [0.2, 0.25) is 11.6 Å². The third-order valence-corrected chi connectivity index (χ3v) is 6.23. The van der Waals surface area contributed by atoms with Crippen molar-refractivity contribution in [3.8, 4) is 17.0 Å². The summed E-state index contributed by atoms with van der Waals surface area (Å²) in [6.45, 7) is 6.39. The highest BCUT2D eigenvalue weighted by Gasteiger charge is 2.25. The molecule has 0 aliphatic heterocycles. The molecule has 3 aromatic heterocycles. The molecule has 1 unspecified atom stereocenters. The average Bonchev–Trinajstić information content (AvgIpc) is 3.49. The van der Waals surface area contributed by atoms with Crippen molar-refractivity contribution in [2.24, 2.45) is 0 Å². The maximum Gasteiger partial charge on any atom is 0.337 e. The second-order valence-electron chi connectivity index (χ2n) is 8.71. The van der Waals surface area contributed by atoms with Gasteiger partial charge >= 0.3 is 5.97 Å². The Bertz CT molecular complexity index is 1390. The number of methoxy groups -OCH3 is 1. The smallest absolute Gasteiger partial charge is 0.337 e. The number of nitrogens with zero attached hydrogens (tertiary/aromatic N) is 6. The van der Waals surface area contributed by atoms with E-state index in [0.29, 0.717) is 35.2 Å². The Kier molecular flexibility index (Phi) is 6.55. The molecule has 1 N–H and O–H groups in total. The quantitative estimate of drug-likeness (QED) is 0.342. The maximum absolute atomic E-state index is 11.8. The van der Waals surface area contributed by atoms with Crippen LogP contribution in [0.25, 0.3) is 16.9 Å². The fourth-order valence-corrected chi connectivity index (χ4v) is 4.00. The number of nitrogens with one attached hydrogen (secondary N) is 1. The number of benzene rings is 1. The highest BCUT2D eigenvalue weighted by molar-refractivity contribution is 5.90. The lowest BCUT2D eigenvalue weighted by atomic mass is 9.96. The molecule has 188 valence electrons. The summed E-state index contributed by atoms with van der Waals surface area (Å²) in [5, 5.41) is 12.2.